The molecule has 1 atom stereocenters. The molecular formula is C12H16BrN3O3. The number of benzene rings is 1. The fourth-order valence-electron chi connectivity index (χ4n) is 2.03. The van der Waals surface area contributed by atoms with Crippen molar-refractivity contribution in [3.63, 3.8) is 0 Å². The summed E-state index contributed by atoms with van der Waals surface area (Å²) < 4.78 is 6.17. The third-order valence-electron chi connectivity index (χ3n) is 3.04. The molecule has 1 aliphatic rings. The summed E-state index contributed by atoms with van der Waals surface area (Å²) in [6, 6.07) is 5.60. The van der Waals surface area contributed by atoms with Gasteiger partial charge in [-0.25, -0.2) is 0 Å². The van der Waals surface area contributed by atoms with Crippen molar-refractivity contribution >= 4 is 27.5 Å². The van der Waals surface area contributed by atoms with Crippen molar-refractivity contribution in [1.82, 2.24) is 0 Å². The fourth-order valence-corrected chi connectivity index (χ4v) is 2.60. The van der Waals surface area contributed by atoms with Crippen molar-refractivity contribution in [2.24, 2.45) is 10.9 Å². The van der Waals surface area contributed by atoms with Crippen LogP contribution in [-0.4, -0.2) is 48.6 Å². The Balaban J connectivity index is 2.20. The van der Waals surface area contributed by atoms with Gasteiger partial charge in [-0.3, -0.25) is 0 Å². The van der Waals surface area contributed by atoms with Gasteiger partial charge in [0.05, 0.1) is 19.3 Å². The molecule has 0 radical (unpaired) electrons. The van der Waals surface area contributed by atoms with E-state index >= 15 is 0 Å². The Bertz CT molecular complexity index is 481. The number of amidine groups is 1. The van der Waals surface area contributed by atoms with Crippen LogP contribution in [0.2, 0.25) is 0 Å². The monoisotopic (exact) mass is 329 g/mol. The summed E-state index contributed by atoms with van der Waals surface area (Å²) in [5.41, 5.74) is 7.21. The lowest BCUT2D eigenvalue weighted by Gasteiger charge is -2.34. The molecule has 1 fully saturated rings. The number of anilines is 1. The van der Waals surface area contributed by atoms with E-state index in [-0.39, 0.29) is 18.5 Å². The van der Waals surface area contributed by atoms with E-state index in [1.165, 1.54) is 0 Å². The third-order valence-corrected chi connectivity index (χ3v) is 3.70. The van der Waals surface area contributed by atoms with Crippen LogP contribution in [0, 0.1) is 0 Å². The Labute approximate surface area is 119 Å². The number of halogens is 1. The predicted octanol–water partition coefficient (Wildman–Crippen LogP) is 0.741. The zero-order valence-electron chi connectivity index (χ0n) is 10.3. The molecule has 1 aromatic rings. The summed E-state index contributed by atoms with van der Waals surface area (Å²) >= 11 is 3.41. The van der Waals surface area contributed by atoms with Gasteiger partial charge in [0.25, 0.3) is 0 Å². The van der Waals surface area contributed by atoms with E-state index in [0.717, 1.165) is 16.7 Å². The number of morpholine rings is 1. The van der Waals surface area contributed by atoms with Gasteiger partial charge in [0.2, 0.25) is 0 Å². The number of hydrogen-bond donors (Lipinski definition) is 3. The van der Waals surface area contributed by atoms with Crippen LogP contribution in [-0.2, 0) is 4.74 Å². The highest BCUT2D eigenvalue weighted by atomic mass is 79.9. The number of aliphatic hydroxyl groups excluding tert-OH is 1. The zero-order valence-corrected chi connectivity index (χ0v) is 11.9. The van der Waals surface area contributed by atoms with Gasteiger partial charge in [-0.15, -0.1) is 0 Å². The van der Waals surface area contributed by atoms with Crippen LogP contribution in [0.1, 0.15) is 5.56 Å². The number of oxime groups is 1. The second-order valence-electron chi connectivity index (χ2n) is 4.27. The van der Waals surface area contributed by atoms with Gasteiger partial charge >= 0.3 is 0 Å². The highest BCUT2D eigenvalue weighted by Gasteiger charge is 2.20. The number of hydrogen-bond acceptors (Lipinski definition) is 5. The van der Waals surface area contributed by atoms with E-state index in [4.69, 9.17) is 20.8 Å². The average Bonchev–Trinajstić information content (AvgIpc) is 2.46. The smallest absolute Gasteiger partial charge is 0.171 e. The number of aliphatic hydroxyl groups is 1. The van der Waals surface area contributed by atoms with E-state index in [9.17, 15) is 0 Å². The van der Waals surface area contributed by atoms with Gasteiger partial charge in [-0.2, -0.15) is 0 Å². The van der Waals surface area contributed by atoms with Crippen LogP contribution in [0.25, 0.3) is 0 Å². The maximum Gasteiger partial charge on any atom is 0.171 e. The molecule has 1 heterocycles. The van der Waals surface area contributed by atoms with Gasteiger partial charge in [-0.1, -0.05) is 5.16 Å². The first kappa shape index (κ1) is 14.1. The molecule has 4 N–H and O–H groups in total. The molecule has 19 heavy (non-hydrogen) atoms. The van der Waals surface area contributed by atoms with Gasteiger partial charge in [0.1, 0.15) is 0 Å². The van der Waals surface area contributed by atoms with E-state index < -0.39 is 0 Å². The quantitative estimate of drug-likeness (QED) is 0.329. The first-order valence-corrected chi connectivity index (χ1v) is 6.70. The van der Waals surface area contributed by atoms with Crippen LogP contribution in [0.15, 0.2) is 27.8 Å². The molecule has 1 aliphatic heterocycles. The second-order valence-corrected chi connectivity index (χ2v) is 5.13. The number of ether oxygens (including phenoxy) is 1. The fraction of sp³-hybridized carbons (Fsp3) is 0.417. The molecule has 0 amide bonds. The van der Waals surface area contributed by atoms with E-state index in [1.54, 1.807) is 6.07 Å². The summed E-state index contributed by atoms with van der Waals surface area (Å²) in [6.45, 7) is 2.02. The Hall–Kier alpha value is -1.31. The summed E-state index contributed by atoms with van der Waals surface area (Å²) in [6.07, 6.45) is -0.156. The largest absolute Gasteiger partial charge is 0.409 e. The number of nitrogens with zero attached hydrogens (tertiary/aromatic N) is 2. The normalized spacial score (nSPS) is 20.6. The molecule has 0 bridgehead atoms. The van der Waals surface area contributed by atoms with Crippen molar-refractivity contribution < 1.29 is 15.1 Å². The Morgan fingerprint density at radius 2 is 2.37 bits per heavy atom. The van der Waals surface area contributed by atoms with Crippen LogP contribution in [0.4, 0.5) is 5.69 Å². The molecule has 1 aromatic carbocycles. The topological polar surface area (TPSA) is 91.3 Å². The number of nitrogens with two attached hydrogens (primary N) is 1. The lowest BCUT2D eigenvalue weighted by Crippen LogP contribution is -2.44. The summed E-state index contributed by atoms with van der Waals surface area (Å²) in [5.74, 6) is 0.0636. The molecule has 7 heteroatoms. The minimum absolute atomic E-state index is 0.0138. The van der Waals surface area contributed by atoms with Crippen LogP contribution >= 0.6 is 15.9 Å². The Morgan fingerprint density at radius 1 is 1.58 bits per heavy atom. The second kappa shape index (κ2) is 6.23. The van der Waals surface area contributed by atoms with Crippen LogP contribution in [0.3, 0.4) is 0 Å². The minimum Gasteiger partial charge on any atom is -0.409 e. The molecule has 0 aliphatic carbocycles. The molecule has 1 saturated heterocycles. The van der Waals surface area contributed by atoms with E-state index in [0.29, 0.717) is 18.7 Å². The summed E-state index contributed by atoms with van der Waals surface area (Å²) in [5, 5.41) is 20.8. The molecule has 0 aromatic heterocycles. The Morgan fingerprint density at radius 3 is 3.00 bits per heavy atom. The van der Waals surface area contributed by atoms with Crippen LogP contribution in [0.5, 0.6) is 0 Å². The summed E-state index contributed by atoms with van der Waals surface area (Å²) in [7, 11) is 0. The van der Waals surface area contributed by atoms with Gasteiger partial charge in [0.15, 0.2) is 5.84 Å². The molecule has 0 saturated carbocycles. The third kappa shape index (κ3) is 3.17. The van der Waals surface area contributed by atoms with Gasteiger partial charge in [-0.05, 0) is 34.1 Å². The van der Waals surface area contributed by atoms with Crippen molar-refractivity contribution in [2.45, 2.75) is 6.10 Å². The van der Waals surface area contributed by atoms with Crippen molar-refractivity contribution in [3.05, 3.63) is 28.2 Å². The van der Waals surface area contributed by atoms with E-state index in [2.05, 4.69) is 26.0 Å². The molecule has 0 spiro atoms. The van der Waals surface area contributed by atoms with Gasteiger partial charge < -0.3 is 25.7 Å². The first-order valence-electron chi connectivity index (χ1n) is 5.90. The number of rotatable bonds is 3. The molecule has 1 unspecified atom stereocenters. The molecule has 104 valence electrons. The standard InChI is InChI=1S/C12H16BrN3O3/c13-11-5-8(1-2-10(11)12(14)15-18)16-3-4-19-9(6-16)7-17/h1-2,5,9,17-18H,3-4,6-7H2,(H2,14,15). The van der Waals surface area contributed by atoms with Gasteiger partial charge in [0, 0.05) is 28.8 Å². The lowest BCUT2D eigenvalue weighted by molar-refractivity contribution is 0.00356. The maximum absolute atomic E-state index is 9.14. The molecule has 6 nitrogen and oxygen atoms in total. The Kier molecular flexibility index (Phi) is 4.62. The highest BCUT2D eigenvalue weighted by Crippen LogP contribution is 2.25. The molecule has 2 rings (SSSR count). The maximum atomic E-state index is 9.14. The van der Waals surface area contributed by atoms with Crippen LogP contribution < -0.4 is 10.6 Å². The van der Waals surface area contributed by atoms with E-state index in [1.807, 2.05) is 12.1 Å². The minimum atomic E-state index is -0.156. The average molecular weight is 330 g/mol. The predicted molar refractivity (Wildman–Crippen MR) is 75.7 cm³/mol. The lowest BCUT2D eigenvalue weighted by atomic mass is 10.1. The zero-order chi connectivity index (χ0) is 13.8. The van der Waals surface area contributed by atoms with Crippen molar-refractivity contribution in [2.75, 3.05) is 31.2 Å². The van der Waals surface area contributed by atoms with Crippen molar-refractivity contribution in [1.29, 1.82) is 0 Å². The first-order chi connectivity index (χ1) is 9.15. The SMILES string of the molecule is N/C(=N/O)c1ccc(N2CCOC(CO)C2)cc1Br. The van der Waals surface area contributed by atoms with Crippen molar-refractivity contribution in [3.8, 4) is 0 Å². The summed E-state index contributed by atoms with van der Waals surface area (Å²) in [4.78, 5) is 2.13. The highest BCUT2D eigenvalue weighted by molar-refractivity contribution is 9.10. The molecular weight excluding hydrogens is 314 g/mol.